The van der Waals surface area contributed by atoms with Crippen LogP contribution in [0.1, 0.15) is 17.3 Å². The summed E-state index contributed by atoms with van der Waals surface area (Å²) in [5.41, 5.74) is 0.0851. The summed E-state index contributed by atoms with van der Waals surface area (Å²) in [6.45, 7) is 2.01. The van der Waals surface area contributed by atoms with Crippen molar-refractivity contribution in [3.63, 3.8) is 0 Å². The second-order valence-corrected chi connectivity index (χ2v) is 6.22. The molecule has 0 aliphatic heterocycles. The van der Waals surface area contributed by atoms with Gasteiger partial charge in [0.1, 0.15) is 11.3 Å². The van der Waals surface area contributed by atoms with Gasteiger partial charge >= 0.3 is 0 Å². The van der Waals surface area contributed by atoms with Crippen LogP contribution in [-0.2, 0) is 4.74 Å². The summed E-state index contributed by atoms with van der Waals surface area (Å²) in [7, 11) is 1.50. The number of benzene rings is 2. The number of nitrogens with one attached hydrogen (secondary N) is 3. The molecule has 0 bridgehead atoms. The molecule has 1 heterocycles. The van der Waals surface area contributed by atoms with Crippen molar-refractivity contribution in [3.8, 4) is 0 Å². The Kier molecular flexibility index (Phi) is 6.13. The molecule has 3 rings (SSSR count). The van der Waals surface area contributed by atoms with Crippen molar-refractivity contribution >= 4 is 28.6 Å². The third-order valence-corrected chi connectivity index (χ3v) is 3.96. The minimum atomic E-state index is -1.15. The fraction of sp³-hybridized carbons (Fsp3) is 0.211. The molecule has 0 aliphatic carbocycles. The van der Waals surface area contributed by atoms with Crippen molar-refractivity contribution < 1.29 is 22.7 Å². The zero-order valence-electron chi connectivity index (χ0n) is 15.6. The van der Waals surface area contributed by atoms with Crippen molar-refractivity contribution in [1.82, 2.24) is 15.5 Å². The first-order valence-corrected chi connectivity index (χ1v) is 8.61. The van der Waals surface area contributed by atoms with Crippen molar-refractivity contribution in [1.29, 1.82) is 0 Å². The first-order valence-electron chi connectivity index (χ1n) is 8.61. The molecule has 152 valence electrons. The Bertz CT molecular complexity index is 1070. The van der Waals surface area contributed by atoms with Crippen LogP contribution in [0, 0.1) is 17.5 Å². The number of ether oxygens (including phenoxy) is 1. The van der Waals surface area contributed by atoms with Gasteiger partial charge in [0.05, 0.1) is 12.6 Å². The zero-order valence-corrected chi connectivity index (χ0v) is 15.6. The summed E-state index contributed by atoms with van der Waals surface area (Å²) in [5.74, 6) is -3.20. The number of halogens is 3. The molecule has 0 unspecified atom stereocenters. The van der Waals surface area contributed by atoms with Gasteiger partial charge < -0.3 is 10.1 Å². The van der Waals surface area contributed by atoms with Crippen molar-refractivity contribution in [2.75, 3.05) is 19.0 Å². The summed E-state index contributed by atoms with van der Waals surface area (Å²) in [5, 5.41) is 12.3. The molecule has 1 aromatic heterocycles. The third kappa shape index (κ3) is 4.72. The topological polar surface area (TPSA) is 91.4 Å². The number of amides is 1. The van der Waals surface area contributed by atoms with E-state index in [1.54, 1.807) is 13.0 Å². The van der Waals surface area contributed by atoms with E-state index in [0.29, 0.717) is 5.39 Å². The molecule has 3 aromatic rings. The SMILES string of the molecule is COC[C@H](C)N=C(NC(=O)c1ccc(F)c(F)c1)Nc1n[nH]c2c(F)cccc12. The normalized spacial score (nSPS) is 12.8. The van der Waals surface area contributed by atoms with Crippen LogP contribution in [0.25, 0.3) is 10.9 Å². The molecule has 1 amide bonds. The number of methoxy groups -OCH3 is 1. The van der Waals surface area contributed by atoms with E-state index in [0.717, 1.165) is 18.2 Å². The van der Waals surface area contributed by atoms with Crippen molar-refractivity contribution in [2.24, 2.45) is 4.99 Å². The number of hydrogen-bond donors (Lipinski definition) is 3. The van der Waals surface area contributed by atoms with Gasteiger partial charge in [-0.25, -0.2) is 18.2 Å². The number of aromatic nitrogens is 2. The van der Waals surface area contributed by atoms with E-state index in [-0.39, 0.29) is 35.5 Å². The van der Waals surface area contributed by atoms with Crippen LogP contribution in [0.3, 0.4) is 0 Å². The average molecular weight is 405 g/mol. The van der Waals surface area contributed by atoms with Gasteiger partial charge in [-0.15, -0.1) is 0 Å². The molecule has 3 N–H and O–H groups in total. The highest BCUT2D eigenvalue weighted by molar-refractivity contribution is 6.11. The number of aliphatic imine (C=N–C) groups is 1. The minimum Gasteiger partial charge on any atom is -0.382 e. The maximum atomic E-state index is 13.9. The molecule has 1 atom stereocenters. The summed E-state index contributed by atoms with van der Waals surface area (Å²) in [6, 6.07) is 6.86. The summed E-state index contributed by atoms with van der Waals surface area (Å²) in [6.07, 6.45) is 0. The Balaban J connectivity index is 1.88. The molecule has 7 nitrogen and oxygen atoms in total. The lowest BCUT2D eigenvalue weighted by atomic mass is 10.2. The summed E-state index contributed by atoms with van der Waals surface area (Å²) < 4.78 is 45.5. The predicted octanol–water partition coefficient (Wildman–Crippen LogP) is 3.21. The second-order valence-electron chi connectivity index (χ2n) is 6.22. The Hall–Kier alpha value is -3.40. The van der Waals surface area contributed by atoms with Gasteiger partial charge in [0.2, 0.25) is 5.96 Å². The number of aromatic amines is 1. The standard InChI is InChI=1S/C19H18F3N5O2/c1-10(9-29-2)23-19(25-18(28)11-6-7-13(20)15(22)8-11)24-17-12-4-3-5-14(21)16(12)26-27-17/h3-8,10H,9H2,1-2H3,(H3,23,24,25,26,27,28)/t10-/m0/s1. The Labute approximate surface area is 164 Å². The lowest BCUT2D eigenvalue weighted by molar-refractivity contribution is 0.0976. The first kappa shape index (κ1) is 20.3. The highest BCUT2D eigenvalue weighted by Gasteiger charge is 2.16. The molecule has 0 saturated carbocycles. The average Bonchev–Trinajstić information content (AvgIpc) is 3.08. The largest absolute Gasteiger partial charge is 0.382 e. The molecule has 0 radical (unpaired) electrons. The van der Waals surface area contributed by atoms with Gasteiger partial charge in [0.15, 0.2) is 17.5 Å². The van der Waals surface area contributed by atoms with Gasteiger partial charge in [-0.05, 0) is 37.3 Å². The van der Waals surface area contributed by atoms with Gasteiger partial charge in [0.25, 0.3) is 5.91 Å². The first-order chi connectivity index (χ1) is 13.9. The molecule has 0 fully saturated rings. The molecule has 0 spiro atoms. The maximum Gasteiger partial charge on any atom is 0.258 e. The molecule has 29 heavy (non-hydrogen) atoms. The molecule has 2 aromatic carbocycles. The molecule has 0 saturated heterocycles. The van der Waals surface area contributed by atoms with Crippen LogP contribution in [-0.4, -0.2) is 41.8 Å². The summed E-state index contributed by atoms with van der Waals surface area (Å²) in [4.78, 5) is 16.8. The van der Waals surface area contributed by atoms with Gasteiger partial charge in [-0.2, -0.15) is 5.10 Å². The van der Waals surface area contributed by atoms with Gasteiger partial charge in [-0.3, -0.25) is 15.2 Å². The molecule has 0 aliphatic rings. The van der Waals surface area contributed by atoms with E-state index in [4.69, 9.17) is 4.74 Å². The number of hydrogen-bond acceptors (Lipinski definition) is 4. The van der Waals surface area contributed by atoms with Crippen LogP contribution < -0.4 is 10.6 Å². The fourth-order valence-electron chi connectivity index (χ4n) is 2.63. The molecular formula is C19H18F3N5O2. The zero-order chi connectivity index (χ0) is 21.0. The van der Waals surface area contributed by atoms with E-state index in [1.807, 2.05) is 0 Å². The van der Waals surface area contributed by atoms with E-state index in [1.165, 1.54) is 19.2 Å². The number of carbonyl (C=O) groups is 1. The van der Waals surface area contributed by atoms with Gasteiger partial charge in [-0.1, -0.05) is 6.07 Å². The Morgan fingerprint density at radius 2 is 2.00 bits per heavy atom. The van der Waals surface area contributed by atoms with Crippen LogP contribution >= 0.6 is 0 Å². The third-order valence-electron chi connectivity index (χ3n) is 3.96. The van der Waals surface area contributed by atoms with E-state index < -0.39 is 23.4 Å². The highest BCUT2D eigenvalue weighted by Crippen LogP contribution is 2.22. The number of carbonyl (C=O) groups excluding carboxylic acids is 1. The van der Waals surface area contributed by atoms with Gasteiger partial charge in [0, 0.05) is 18.1 Å². The number of para-hydroxylation sites is 1. The van der Waals surface area contributed by atoms with Crippen LogP contribution in [0.2, 0.25) is 0 Å². The maximum absolute atomic E-state index is 13.9. The number of nitrogens with zero attached hydrogens (tertiary/aromatic N) is 2. The molecule has 10 heteroatoms. The van der Waals surface area contributed by atoms with Crippen LogP contribution in [0.15, 0.2) is 41.4 Å². The lowest BCUT2D eigenvalue weighted by Crippen LogP contribution is -2.37. The fourth-order valence-corrected chi connectivity index (χ4v) is 2.63. The number of rotatable bonds is 5. The second kappa shape index (κ2) is 8.74. The highest BCUT2D eigenvalue weighted by atomic mass is 19.2. The van der Waals surface area contributed by atoms with E-state index >= 15 is 0 Å². The number of guanidine groups is 1. The smallest absolute Gasteiger partial charge is 0.258 e. The number of fused-ring (bicyclic) bond motifs is 1. The van der Waals surface area contributed by atoms with Crippen LogP contribution in [0.5, 0.6) is 0 Å². The Morgan fingerprint density at radius 3 is 2.72 bits per heavy atom. The molecular weight excluding hydrogens is 387 g/mol. The van der Waals surface area contributed by atoms with E-state index in [9.17, 15) is 18.0 Å². The van der Waals surface area contributed by atoms with Crippen molar-refractivity contribution in [2.45, 2.75) is 13.0 Å². The minimum absolute atomic E-state index is 0.0121. The lowest BCUT2D eigenvalue weighted by Gasteiger charge is -2.13. The quantitative estimate of drug-likeness (QED) is 0.449. The van der Waals surface area contributed by atoms with Crippen molar-refractivity contribution in [3.05, 3.63) is 59.4 Å². The Morgan fingerprint density at radius 1 is 1.21 bits per heavy atom. The predicted molar refractivity (Wildman–Crippen MR) is 102 cm³/mol. The number of anilines is 1. The van der Waals surface area contributed by atoms with E-state index in [2.05, 4.69) is 25.8 Å². The van der Waals surface area contributed by atoms with Crippen LogP contribution in [0.4, 0.5) is 19.0 Å². The number of H-pyrrole nitrogens is 1. The monoisotopic (exact) mass is 405 g/mol. The summed E-state index contributed by atoms with van der Waals surface area (Å²) >= 11 is 0.